The molecule has 154 valence electrons. The molecule has 2 N–H and O–H groups in total. The molecule has 30 heavy (non-hydrogen) atoms. The van der Waals surface area contributed by atoms with Crippen LogP contribution in [0.3, 0.4) is 0 Å². The van der Waals surface area contributed by atoms with E-state index in [4.69, 9.17) is 28.2 Å². The lowest BCUT2D eigenvalue weighted by Crippen LogP contribution is -2.35. The van der Waals surface area contributed by atoms with Gasteiger partial charge in [-0.3, -0.25) is 4.79 Å². The molecule has 0 spiro atoms. The van der Waals surface area contributed by atoms with Crippen LogP contribution in [0.5, 0.6) is 0 Å². The quantitative estimate of drug-likeness (QED) is 0.461. The molecule has 0 bridgehead atoms. The van der Waals surface area contributed by atoms with Gasteiger partial charge in [0.1, 0.15) is 5.82 Å². The fourth-order valence-corrected chi connectivity index (χ4v) is 4.74. The molecule has 0 aliphatic carbocycles. The third kappa shape index (κ3) is 3.85. The SMILES string of the molecule is O=c1[nH]c(C2CCN(CCc3c[nH]c4cc(Cl)ccc34)CC2)nc2cc(Cl)ccc12. The number of piperidine rings is 1. The summed E-state index contributed by atoms with van der Waals surface area (Å²) in [5, 5.41) is 3.17. The van der Waals surface area contributed by atoms with Crippen LogP contribution in [0.2, 0.25) is 10.0 Å². The Labute approximate surface area is 184 Å². The van der Waals surface area contributed by atoms with Gasteiger partial charge >= 0.3 is 0 Å². The number of nitrogens with one attached hydrogen (secondary N) is 2. The molecule has 5 nitrogen and oxygen atoms in total. The molecular weight excluding hydrogens is 419 g/mol. The number of rotatable bonds is 4. The minimum atomic E-state index is -0.0893. The van der Waals surface area contributed by atoms with Crippen molar-refractivity contribution in [2.45, 2.75) is 25.2 Å². The van der Waals surface area contributed by atoms with Crippen molar-refractivity contribution in [3.05, 3.63) is 74.4 Å². The number of likely N-dealkylation sites (tertiary alicyclic amines) is 1. The van der Waals surface area contributed by atoms with Gasteiger partial charge in [-0.15, -0.1) is 0 Å². The summed E-state index contributed by atoms with van der Waals surface area (Å²) in [4.78, 5) is 25.9. The monoisotopic (exact) mass is 440 g/mol. The first-order valence-electron chi connectivity index (χ1n) is 10.2. The van der Waals surface area contributed by atoms with Crippen molar-refractivity contribution in [3.63, 3.8) is 0 Å². The minimum absolute atomic E-state index is 0.0893. The molecule has 0 atom stereocenters. The van der Waals surface area contributed by atoms with E-state index in [9.17, 15) is 4.79 Å². The Hall–Kier alpha value is -2.34. The van der Waals surface area contributed by atoms with Crippen molar-refractivity contribution >= 4 is 45.0 Å². The molecule has 1 aliphatic rings. The number of benzene rings is 2. The molecule has 2 aromatic carbocycles. The highest BCUT2D eigenvalue weighted by atomic mass is 35.5. The predicted molar refractivity (Wildman–Crippen MR) is 123 cm³/mol. The summed E-state index contributed by atoms with van der Waals surface area (Å²) in [6, 6.07) is 11.2. The number of hydrogen-bond donors (Lipinski definition) is 2. The maximum atomic E-state index is 12.4. The van der Waals surface area contributed by atoms with E-state index < -0.39 is 0 Å². The second-order valence-electron chi connectivity index (χ2n) is 7.98. The Morgan fingerprint density at radius 1 is 1.03 bits per heavy atom. The van der Waals surface area contributed by atoms with Gasteiger partial charge in [0.2, 0.25) is 0 Å². The second-order valence-corrected chi connectivity index (χ2v) is 8.86. The van der Waals surface area contributed by atoms with Crippen LogP contribution < -0.4 is 5.56 Å². The summed E-state index contributed by atoms with van der Waals surface area (Å²) >= 11 is 12.2. The average molecular weight is 441 g/mol. The van der Waals surface area contributed by atoms with E-state index in [0.717, 1.165) is 55.3 Å². The standard InChI is InChI=1S/C23H22Cl2N4O/c24-16-1-3-18-15(13-26-20(18)11-16)7-10-29-8-5-14(6-9-29)22-27-21-12-17(25)2-4-19(21)23(30)28-22/h1-4,11-14,26H,5-10H2,(H,27,28,30). The molecule has 7 heteroatoms. The van der Waals surface area contributed by atoms with Crippen LogP contribution in [-0.2, 0) is 6.42 Å². The van der Waals surface area contributed by atoms with Gasteiger partial charge in [0, 0.05) is 39.6 Å². The smallest absolute Gasteiger partial charge is 0.258 e. The fraction of sp³-hybridized carbons (Fsp3) is 0.304. The van der Waals surface area contributed by atoms with E-state index in [1.807, 2.05) is 12.1 Å². The maximum Gasteiger partial charge on any atom is 0.258 e. The van der Waals surface area contributed by atoms with Crippen LogP contribution in [0.15, 0.2) is 47.4 Å². The van der Waals surface area contributed by atoms with Crippen molar-refractivity contribution in [1.29, 1.82) is 0 Å². The molecule has 1 aliphatic heterocycles. The molecule has 0 saturated carbocycles. The average Bonchev–Trinajstić information content (AvgIpc) is 3.14. The van der Waals surface area contributed by atoms with Crippen molar-refractivity contribution < 1.29 is 0 Å². The zero-order valence-electron chi connectivity index (χ0n) is 16.4. The van der Waals surface area contributed by atoms with E-state index in [1.165, 1.54) is 10.9 Å². The van der Waals surface area contributed by atoms with Gasteiger partial charge in [-0.2, -0.15) is 0 Å². The van der Waals surface area contributed by atoms with E-state index in [2.05, 4.69) is 27.1 Å². The van der Waals surface area contributed by atoms with Crippen LogP contribution >= 0.6 is 23.2 Å². The first-order chi connectivity index (χ1) is 14.6. The number of aromatic nitrogens is 3. The normalized spacial score (nSPS) is 15.9. The summed E-state index contributed by atoms with van der Waals surface area (Å²) in [7, 11) is 0. The molecular formula is C23H22Cl2N4O. The Kier molecular flexibility index (Phi) is 5.27. The van der Waals surface area contributed by atoms with Crippen molar-refractivity contribution in [1.82, 2.24) is 19.9 Å². The molecule has 4 aromatic rings. The van der Waals surface area contributed by atoms with Gasteiger partial charge in [0.25, 0.3) is 5.56 Å². The summed E-state index contributed by atoms with van der Waals surface area (Å²) in [6.45, 7) is 3.01. The summed E-state index contributed by atoms with van der Waals surface area (Å²) < 4.78 is 0. The zero-order chi connectivity index (χ0) is 20.7. The van der Waals surface area contributed by atoms with Gasteiger partial charge in [-0.05, 0) is 68.2 Å². The third-order valence-electron chi connectivity index (χ3n) is 6.09. The first-order valence-corrected chi connectivity index (χ1v) is 11.0. The predicted octanol–water partition coefficient (Wildman–Crippen LogP) is 5.13. The van der Waals surface area contributed by atoms with E-state index >= 15 is 0 Å². The minimum Gasteiger partial charge on any atom is -0.361 e. The van der Waals surface area contributed by atoms with Crippen LogP contribution in [-0.4, -0.2) is 39.5 Å². The molecule has 1 saturated heterocycles. The molecule has 0 radical (unpaired) electrons. The van der Waals surface area contributed by atoms with Crippen LogP contribution in [0.4, 0.5) is 0 Å². The number of nitrogens with zero attached hydrogens (tertiary/aromatic N) is 2. The maximum absolute atomic E-state index is 12.4. The van der Waals surface area contributed by atoms with Crippen molar-refractivity contribution in [2.24, 2.45) is 0 Å². The number of hydrogen-bond acceptors (Lipinski definition) is 3. The van der Waals surface area contributed by atoms with Gasteiger partial charge < -0.3 is 14.9 Å². The molecule has 0 unspecified atom stereocenters. The number of aromatic amines is 2. The Morgan fingerprint density at radius 2 is 1.77 bits per heavy atom. The Balaban J connectivity index is 1.24. The lowest BCUT2D eigenvalue weighted by atomic mass is 9.95. The van der Waals surface area contributed by atoms with Gasteiger partial charge in [0.15, 0.2) is 0 Å². The summed E-state index contributed by atoms with van der Waals surface area (Å²) in [6.07, 6.45) is 5.05. The van der Waals surface area contributed by atoms with Crippen LogP contribution in [0, 0.1) is 0 Å². The highest BCUT2D eigenvalue weighted by Gasteiger charge is 2.23. The summed E-state index contributed by atoms with van der Waals surface area (Å²) in [5.74, 6) is 1.05. The lowest BCUT2D eigenvalue weighted by molar-refractivity contribution is 0.211. The molecule has 1 fully saturated rings. The van der Waals surface area contributed by atoms with Gasteiger partial charge in [0.05, 0.1) is 10.9 Å². The Bertz CT molecular complexity index is 1270. The number of fused-ring (bicyclic) bond motifs is 2. The molecule has 0 amide bonds. The van der Waals surface area contributed by atoms with Crippen LogP contribution in [0.1, 0.15) is 30.1 Å². The van der Waals surface area contributed by atoms with Crippen LogP contribution in [0.25, 0.3) is 21.8 Å². The molecule has 5 rings (SSSR count). The van der Waals surface area contributed by atoms with E-state index in [-0.39, 0.29) is 11.5 Å². The second kappa shape index (κ2) is 8.06. The van der Waals surface area contributed by atoms with Gasteiger partial charge in [-0.1, -0.05) is 29.3 Å². The summed E-state index contributed by atoms with van der Waals surface area (Å²) in [5.41, 5.74) is 2.99. The van der Waals surface area contributed by atoms with E-state index in [1.54, 1.807) is 18.2 Å². The number of halogens is 2. The Morgan fingerprint density at radius 3 is 2.57 bits per heavy atom. The molecule has 3 heterocycles. The topological polar surface area (TPSA) is 64.8 Å². The first kappa shape index (κ1) is 19.6. The fourth-order valence-electron chi connectivity index (χ4n) is 4.40. The highest BCUT2D eigenvalue weighted by Crippen LogP contribution is 2.27. The van der Waals surface area contributed by atoms with E-state index in [0.29, 0.717) is 15.9 Å². The highest BCUT2D eigenvalue weighted by molar-refractivity contribution is 6.31. The lowest BCUT2D eigenvalue weighted by Gasteiger charge is -2.31. The largest absolute Gasteiger partial charge is 0.361 e. The van der Waals surface area contributed by atoms with Gasteiger partial charge in [-0.25, -0.2) is 4.98 Å². The third-order valence-corrected chi connectivity index (χ3v) is 6.56. The van der Waals surface area contributed by atoms with Crippen molar-refractivity contribution in [2.75, 3.05) is 19.6 Å². The number of H-pyrrole nitrogens is 2. The van der Waals surface area contributed by atoms with Crippen molar-refractivity contribution in [3.8, 4) is 0 Å². The zero-order valence-corrected chi connectivity index (χ0v) is 17.9. The molecule has 2 aromatic heterocycles.